The van der Waals surface area contributed by atoms with Gasteiger partial charge in [0.25, 0.3) is 0 Å². The van der Waals surface area contributed by atoms with Crippen LogP contribution in [0.5, 0.6) is 0 Å². The monoisotopic (exact) mass is 335 g/mol. The van der Waals surface area contributed by atoms with Crippen LogP contribution in [0.3, 0.4) is 0 Å². The van der Waals surface area contributed by atoms with E-state index in [0.717, 1.165) is 11.5 Å². The maximum atomic E-state index is 11.6. The molecule has 0 unspecified atom stereocenters. The molecule has 2 saturated carbocycles. The molecule has 0 spiro atoms. The molecule has 0 aliphatic heterocycles. The fraction of sp³-hybridized carbons (Fsp3) is 0.684. The second kappa shape index (κ2) is 5.32. The first-order valence-corrected chi connectivity index (χ1v) is 10.5. The van der Waals surface area contributed by atoms with Crippen LogP contribution in [0.4, 0.5) is 0 Å². The summed E-state index contributed by atoms with van der Waals surface area (Å²) in [5.74, 6) is 0.824. The van der Waals surface area contributed by atoms with Crippen LogP contribution >= 0.6 is 0 Å². The summed E-state index contributed by atoms with van der Waals surface area (Å²) in [7, 11) is -3.12. The molecular weight excluding hydrogens is 306 g/mol. The third kappa shape index (κ3) is 2.64. The van der Waals surface area contributed by atoms with Crippen LogP contribution in [0.25, 0.3) is 0 Å². The van der Waals surface area contributed by atoms with Crippen LogP contribution in [-0.2, 0) is 9.84 Å². The molecule has 128 valence electrons. The average molecular weight is 336 g/mol. The first kappa shape index (κ1) is 17.0. The van der Waals surface area contributed by atoms with Gasteiger partial charge < -0.3 is 5.32 Å². The summed E-state index contributed by atoms with van der Waals surface area (Å²) in [6.07, 6.45) is 5.18. The highest BCUT2D eigenvalue weighted by atomic mass is 32.2. The number of fused-ring (bicyclic) bond motifs is 2. The first-order chi connectivity index (χ1) is 10.6. The molecule has 1 N–H and O–H groups in total. The van der Waals surface area contributed by atoms with E-state index in [1.165, 1.54) is 25.5 Å². The molecule has 2 aliphatic carbocycles. The van der Waals surface area contributed by atoms with Crippen molar-refractivity contribution >= 4 is 9.84 Å². The molecular formula is C19H29NO2S. The molecule has 3 rings (SSSR count). The topological polar surface area (TPSA) is 46.2 Å². The molecule has 0 radical (unpaired) electrons. The van der Waals surface area contributed by atoms with Crippen molar-refractivity contribution in [1.29, 1.82) is 0 Å². The zero-order valence-corrected chi connectivity index (χ0v) is 15.7. The smallest absolute Gasteiger partial charge is 0.175 e. The van der Waals surface area contributed by atoms with Crippen LogP contribution in [0, 0.1) is 16.7 Å². The number of sulfone groups is 1. The van der Waals surface area contributed by atoms with E-state index < -0.39 is 9.84 Å². The average Bonchev–Trinajstić information content (AvgIpc) is 2.80. The van der Waals surface area contributed by atoms with Crippen molar-refractivity contribution in [3.05, 3.63) is 29.8 Å². The lowest BCUT2D eigenvalue weighted by Crippen LogP contribution is -2.45. The largest absolute Gasteiger partial charge is 0.307 e. The summed E-state index contributed by atoms with van der Waals surface area (Å²) in [5, 5.41) is 3.83. The van der Waals surface area contributed by atoms with E-state index in [0.29, 0.717) is 21.8 Å². The first-order valence-electron chi connectivity index (χ1n) is 8.62. The standard InChI is InChI=1S/C19H29NO2S/c1-13(14-6-8-16(9-7-14)23(5,21)22)20-17-12-15-10-11-19(17,4)18(15,2)3/h6-9,13,15,17,20H,10-12H2,1-5H3/t13-,15-,17+,19-/m1/s1. The summed E-state index contributed by atoms with van der Waals surface area (Å²) in [5.41, 5.74) is 1.92. The summed E-state index contributed by atoms with van der Waals surface area (Å²) in [6, 6.07) is 8.09. The second-order valence-electron chi connectivity index (χ2n) is 8.39. The zero-order valence-electron chi connectivity index (χ0n) is 14.9. The van der Waals surface area contributed by atoms with E-state index in [1.54, 1.807) is 12.1 Å². The predicted molar refractivity (Wildman–Crippen MR) is 94.1 cm³/mol. The van der Waals surface area contributed by atoms with E-state index in [4.69, 9.17) is 0 Å². The van der Waals surface area contributed by atoms with E-state index in [2.05, 4.69) is 33.0 Å². The highest BCUT2D eigenvalue weighted by molar-refractivity contribution is 7.90. The van der Waals surface area contributed by atoms with Gasteiger partial charge in [-0.3, -0.25) is 0 Å². The van der Waals surface area contributed by atoms with Crippen molar-refractivity contribution < 1.29 is 8.42 Å². The summed E-state index contributed by atoms with van der Waals surface area (Å²) < 4.78 is 23.2. The maximum absolute atomic E-state index is 11.6. The molecule has 1 aromatic carbocycles. The van der Waals surface area contributed by atoms with Crippen LogP contribution in [-0.4, -0.2) is 20.7 Å². The van der Waals surface area contributed by atoms with Crippen molar-refractivity contribution in [2.45, 2.75) is 63.9 Å². The fourth-order valence-corrected chi connectivity index (χ4v) is 5.49. The molecule has 4 heteroatoms. The van der Waals surface area contributed by atoms with E-state index in [-0.39, 0.29) is 6.04 Å². The van der Waals surface area contributed by atoms with Crippen LogP contribution in [0.15, 0.2) is 29.2 Å². The van der Waals surface area contributed by atoms with Gasteiger partial charge in [0.15, 0.2) is 9.84 Å². The summed E-state index contributed by atoms with van der Waals surface area (Å²) >= 11 is 0. The molecule has 2 aliphatic rings. The number of hydrogen-bond acceptors (Lipinski definition) is 3. The van der Waals surface area contributed by atoms with Crippen molar-refractivity contribution in [3.8, 4) is 0 Å². The van der Waals surface area contributed by atoms with Gasteiger partial charge in [0.2, 0.25) is 0 Å². The Kier molecular flexibility index (Phi) is 3.92. The van der Waals surface area contributed by atoms with Crippen molar-refractivity contribution in [2.75, 3.05) is 6.26 Å². The third-order valence-electron chi connectivity index (χ3n) is 7.05. The van der Waals surface area contributed by atoms with Gasteiger partial charge in [-0.15, -0.1) is 0 Å². The van der Waals surface area contributed by atoms with Gasteiger partial charge in [-0.05, 0) is 60.6 Å². The Balaban J connectivity index is 1.75. The van der Waals surface area contributed by atoms with Gasteiger partial charge in [-0.1, -0.05) is 32.9 Å². The molecule has 0 amide bonds. The Bertz CT molecular complexity index is 693. The van der Waals surface area contributed by atoms with Crippen molar-refractivity contribution in [3.63, 3.8) is 0 Å². The molecule has 0 heterocycles. The fourth-order valence-electron chi connectivity index (χ4n) is 4.86. The van der Waals surface area contributed by atoms with Crippen LogP contribution in [0.2, 0.25) is 0 Å². The Morgan fingerprint density at radius 2 is 1.78 bits per heavy atom. The Morgan fingerprint density at radius 1 is 1.17 bits per heavy atom. The van der Waals surface area contributed by atoms with Gasteiger partial charge in [0.05, 0.1) is 4.90 Å². The number of nitrogens with one attached hydrogen (secondary N) is 1. The number of benzene rings is 1. The lowest BCUT2D eigenvalue weighted by Gasteiger charge is -2.40. The third-order valence-corrected chi connectivity index (χ3v) is 8.18. The quantitative estimate of drug-likeness (QED) is 0.906. The molecule has 2 bridgehead atoms. The highest BCUT2D eigenvalue weighted by Gasteiger charge is 2.61. The Hall–Kier alpha value is -0.870. The van der Waals surface area contributed by atoms with Gasteiger partial charge in [-0.25, -0.2) is 8.42 Å². The van der Waals surface area contributed by atoms with E-state index in [1.807, 2.05) is 12.1 Å². The SMILES string of the molecule is C[C@@H](N[C@H]1C[C@H]2CC[C@@]1(C)C2(C)C)c1ccc(S(C)(=O)=O)cc1. The molecule has 23 heavy (non-hydrogen) atoms. The van der Waals surface area contributed by atoms with E-state index in [9.17, 15) is 8.42 Å². The minimum Gasteiger partial charge on any atom is -0.307 e. The maximum Gasteiger partial charge on any atom is 0.175 e. The predicted octanol–water partition coefficient (Wildman–Crippen LogP) is 3.96. The minimum absolute atomic E-state index is 0.237. The minimum atomic E-state index is -3.12. The number of rotatable bonds is 4. The molecule has 1 aromatic rings. The Labute approximate surface area is 140 Å². The molecule has 3 nitrogen and oxygen atoms in total. The van der Waals surface area contributed by atoms with Crippen LogP contribution < -0.4 is 5.32 Å². The molecule has 0 saturated heterocycles. The van der Waals surface area contributed by atoms with Gasteiger partial charge in [-0.2, -0.15) is 0 Å². The lowest BCUT2D eigenvalue weighted by molar-refractivity contribution is 0.116. The van der Waals surface area contributed by atoms with Crippen LogP contribution in [0.1, 0.15) is 58.6 Å². The Morgan fingerprint density at radius 3 is 2.22 bits per heavy atom. The molecule has 0 aromatic heterocycles. The summed E-state index contributed by atoms with van der Waals surface area (Å²) in [6.45, 7) is 9.48. The summed E-state index contributed by atoms with van der Waals surface area (Å²) in [4.78, 5) is 0.390. The normalized spacial score (nSPS) is 33.8. The second-order valence-corrected chi connectivity index (χ2v) is 10.4. The van der Waals surface area contributed by atoms with Gasteiger partial charge in [0.1, 0.15) is 0 Å². The van der Waals surface area contributed by atoms with Crippen molar-refractivity contribution in [1.82, 2.24) is 5.32 Å². The zero-order chi connectivity index (χ0) is 17.0. The molecule has 4 atom stereocenters. The van der Waals surface area contributed by atoms with Gasteiger partial charge >= 0.3 is 0 Å². The molecule has 2 fully saturated rings. The lowest BCUT2D eigenvalue weighted by atomic mass is 9.69. The van der Waals surface area contributed by atoms with E-state index >= 15 is 0 Å². The number of hydrogen-bond donors (Lipinski definition) is 1. The highest BCUT2D eigenvalue weighted by Crippen LogP contribution is 2.65. The van der Waals surface area contributed by atoms with Crippen molar-refractivity contribution in [2.24, 2.45) is 16.7 Å². The van der Waals surface area contributed by atoms with Gasteiger partial charge in [0, 0.05) is 18.3 Å².